The van der Waals surface area contributed by atoms with Crippen molar-refractivity contribution < 1.29 is 28.5 Å². The van der Waals surface area contributed by atoms with E-state index in [1.807, 2.05) is 13.1 Å². The number of benzene rings is 6. The van der Waals surface area contributed by atoms with Crippen LogP contribution in [0.25, 0.3) is 11.1 Å². The molecule has 12 rings (SSSR count). The molecule has 2 atom stereocenters. The molecule has 0 saturated heterocycles. The summed E-state index contributed by atoms with van der Waals surface area (Å²) in [7, 11) is 1.98. The van der Waals surface area contributed by atoms with E-state index in [1.165, 1.54) is 51.6 Å². The van der Waals surface area contributed by atoms with E-state index < -0.39 is 24.4 Å². The zero-order valence-corrected chi connectivity index (χ0v) is 41.8. The summed E-state index contributed by atoms with van der Waals surface area (Å²) in [6.07, 6.45) is 9.88. The van der Waals surface area contributed by atoms with Crippen LogP contribution in [-0.2, 0) is 59.7 Å². The molecule has 0 saturated carbocycles. The molecular weight excluding hydrogens is 996 g/mol. The van der Waals surface area contributed by atoms with Gasteiger partial charge in [0, 0.05) is 50.6 Å². The molecule has 0 amide bonds. The van der Waals surface area contributed by atoms with E-state index in [4.69, 9.17) is 64.4 Å². The predicted molar refractivity (Wildman–Crippen MR) is 275 cm³/mol. The number of nitrogens with zero attached hydrogens (tertiary/aromatic N) is 4. The summed E-state index contributed by atoms with van der Waals surface area (Å²) in [5.74, 6) is -0.104. The average Bonchev–Trinajstić information content (AvgIpc) is 3.87. The maximum absolute atomic E-state index is 14.1. The molecule has 2 aliphatic heterocycles. The van der Waals surface area contributed by atoms with Gasteiger partial charge < -0.3 is 21.5 Å². The second-order valence-electron chi connectivity index (χ2n) is 19.3. The first kappa shape index (κ1) is 48.3. The summed E-state index contributed by atoms with van der Waals surface area (Å²) in [6, 6.07) is 38.2. The average molecular weight is 1050 g/mol. The third-order valence-corrected chi connectivity index (χ3v) is 16.2. The smallest absolute Gasteiger partial charge is 0.423 e. The van der Waals surface area contributed by atoms with Gasteiger partial charge in [0.2, 0.25) is 23.4 Å². The van der Waals surface area contributed by atoms with Crippen LogP contribution in [0.15, 0.2) is 136 Å². The monoisotopic (exact) mass is 1050 g/mol. The fraction of sp³-hybridized carbons (Fsp3) is 0.296. The molecule has 4 spiro atoms. The summed E-state index contributed by atoms with van der Waals surface area (Å²) in [5.41, 5.74) is 22.6. The molecule has 6 aromatic rings. The molecule has 4 aliphatic carbocycles. The highest BCUT2D eigenvalue weighted by Crippen LogP contribution is 2.62. The summed E-state index contributed by atoms with van der Waals surface area (Å²) in [4.78, 5) is 22.9. The van der Waals surface area contributed by atoms with Gasteiger partial charge in [-0.1, -0.05) is 106 Å². The van der Waals surface area contributed by atoms with Gasteiger partial charge in [0.05, 0.1) is 0 Å². The minimum absolute atomic E-state index is 0.0509. The zero-order valence-electron chi connectivity index (χ0n) is 38.7. The molecule has 0 fully saturated rings. The van der Waals surface area contributed by atoms with Crippen LogP contribution in [0.1, 0.15) is 70.2 Å². The molecule has 360 valence electrons. The second-order valence-corrected chi connectivity index (χ2v) is 21.1. The van der Waals surface area contributed by atoms with Gasteiger partial charge in [-0.2, -0.15) is 0 Å². The Morgan fingerprint density at radius 2 is 1.01 bits per heavy atom. The first-order chi connectivity index (χ1) is 33.5. The fourth-order valence-corrected chi connectivity index (χ4v) is 12.6. The number of hydroxylamine groups is 4. The zero-order chi connectivity index (χ0) is 49.2. The molecule has 2 heterocycles. The largest absolute Gasteiger partial charge is 0.488 e. The summed E-state index contributed by atoms with van der Waals surface area (Å²) in [5, 5.41) is 20.9. The topological polar surface area (TPSA) is 142 Å². The van der Waals surface area contributed by atoms with Gasteiger partial charge in [-0.05, 0) is 169 Å². The molecule has 6 N–H and O–H groups in total. The third-order valence-electron chi connectivity index (χ3n) is 15.2. The highest BCUT2D eigenvalue weighted by atomic mass is 79.9. The summed E-state index contributed by atoms with van der Waals surface area (Å²) in [6.45, 7) is 0. The molecular formula is C54H52BBrCl2F2N6O4. The van der Waals surface area contributed by atoms with Crippen LogP contribution in [0.5, 0.6) is 0 Å². The Bertz CT molecular complexity index is 3000. The van der Waals surface area contributed by atoms with Crippen LogP contribution in [-0.4, -0.2) is 53.3 Å². The second kappa shape index (κ2) is 18.7. The molecule has 0 radical (unpaired) electrons. The minimum Gasteiger partial charge on any atom is -0.423 e. The van der Waals surface area contributed by atoms with Gasteiger partial charge in [-0.15, -0.1) is 0 Å². The van der Waals surface area contributed by atoms with Crippen molar-refractivity contribution in [2.75, 3.05) is 14.1 Å². The Labute approximate surface area is 425 Å². The van der Waals surface area contributed by atoms with Crippen molar-refractivity contribution in [1.29, 1.82) is 0 Å². The van der Waals surface area contributed by atoms with E-state index in [0.29, 0.717) is 16.9 Å². The van der Waals surface area contributed by atoms with Gasteiger partial charge in [0.15, 0.2) is 0 Å². The first-order valence-electron chi connectivity index (χ1n) is 23.4. The van der Waals surface area contributed by atoms with Crippen LogP contribution in [0, 0.1) is 22.5 Å². The number of aliphatic imine (C=N–C) groups is 2. The van der Waals surface area contributed by atoms with Crippen molar-refractivity contribution >= 4 is 63.6 Å². The molecule has 16 heteroatoms. The number of hydrogen-bond donors (Lipinski definition) is 4. The predicted octanol–water partition coefficient (Wildman–Crippen LogP) is 9.69. The molecule has 6 aliphatic rings. The lowest BCUT2D eigenvalue weighted by molar-refractivity contribution is -0.224. The lowest BCUT2D eigenvalue weighted by Crippen LogP contribution is -2.43. The van der Waals surface area contributed by atoms with Gasteiger partial charge in [-0.25, -0.2) is 38.6 Å². The van der Waals surface area contributed by atoms with E-state index in [1.54, 1.807) is 23.2 Å². The van der Waals surface area contributed by atoms with E-state index in [0.717, 1.165) is 103 Å². The minimum atomic E-state index is -1.68. The summed E-state index contributed by atoms with van der Waals surface area (Å²) < 4.78 is 27.6. The van der Waals surface area contributed by atoms with Gasteiger partial charge >= 0.3 is 7.12 Å². The van der Waals surface area contributed by atoms with E-state index >= 15 is 0 Å². The molecule has 10 nitrogen and oxygen atoms in total. The number of hydrogen-bond acceptors (Lipinski definition) is 10. The summed E-state index contributed by atoms with van der Waals surface area (Å²) >= 11 is 15.2. The number of guanidine groups is 2. The molecule has 70 heavy (non-hydrogen) atoms. The Kier molecular flexibility index (Phi) is 12.9. The van der Waals surface area contributed by atoms with E-state index in [2.05, 4.69) is 94.8 Å². The van der Waals surface area contributed by atoms with Crippen LogP contribution >= 0.6 is 39.1 Å². The van der Waals surface area contributed by atoms with Crippen LogP contribution < -0.4 is 16.9 Å². The highest BCUT2D eigenvalue weighted by Gasteiger charge is 2.64. The number of rotatable bonds is 2. The van der Waals surface area contributed by atoms with Crippen molar-refractivity contribution in [3.63, 3.8) is 0 Å². The maximum atomic E-state index is 14.1. The lowest BCUT2D eigenvalue weighted by atomic mass is 9.71. The number of halogens is 5. The van der Waals surface area contributed by atoms with Crippen molar-refractivity contribution in [2.45, 2.75) is 75.7 Å². The Morgan fingerprint density at radius 1 is 0.571 bits per heavy atom. The van der Waals surface area contributed by atoms with Crippen molar-refractivity contribution in [3.05, 3.63) is 192 Å². The lowest BCUT2D eigenvalue weighted by Gasteiger charge is -2.40. The molecule has 6 aromatic carbocycles. The number of nitrogens with two attached hydrogens (primary N) is 2. The third kappa shape index (κ3) is 8.58. The quantitative estimate of drug-likeness (QED) is 0.126. The van der Waals surface area contributed by atoms with Gasteiger partial charge in [-0.3, -0.25) is 0 Å². The molecule has 0 aromatic heterocycles. The van der Waals surface area contributed by atoms with Crippen molar-refractivity contribution in [3.8, 4) is 11.1 Å². The van der Waals surface area contributed by atoms with Crippen molar-refractivity contribution in [2.24, 2.45) is 32.3 Å². The normalized spacial score (nSPS) is 22.0. The Morgan fingerprint density at radius 3 is 1.44 bits per heavy atom. The first-order valence-corrected chi connectivity index (χ1v) is 25.0. The van der Waals surface area contributed by atoms with Crippen molar-refractivity contribution in [1.82, 2.24) is 10.1 Å². The highest BCUT2D eigenvalue weighted by molar-refractivity contribution is 9.10. The Hall–Kier alpha value is -5.32. The maximum Gasteiger partial charge on any atom is 0.488 e. The molecule has 0 bridgehead atoms. The standard InChI is InChI=1S/C27H25ClFN3O.C21H22BrN3O.C6H5BClFO2/c1-32-25(30)31-27(33-32)24-14-19(21-12-22(28)15-23(29)13-21)6-7-20(24)16-26(27)10-8-17-4-2-3-5-18(17)9-11-26;1-25-19(23)24-21(26-25)18-12-17(22)7-6-16(18)13-20(21)10-8-14-4-2-3-5-15(14)9-11-20;8-5-1-4(7(10)11)2-6(9)3-5/h2-7,12-15H,8-11,16H2,1H3,(H2,30,31);2-7,12H,8-11,13H2,1H3,(H2,23,24);1-3,10-11H. The van der Waals surface area contributed by atoms with Crippen LogP contribution in [0.2, 0.25) is 10.0 Å². The van der Waals surface area contributed by atoms with Crippen LogP contribution in [0.3, 0.4) is 0 Å². The van der Waals surface area contributed by atoms with E-state index in [-0.39, 0.29) is 27.1 Å². The van der Waals surface area contributed by atoms with Gasteiger partial charge in [0.25, 0.3) is 0 Å². The fourth-order valence-electron chi connectivity index (χ4n) is 11.7. The number of aryl methyl sites for hydroxylation is 4. The number of fused-ring (bicyclic) bond motifs is 8. The van der Waals surface area contributed by atoms with Gasteiger partial charge in [0.1, 0.15) is 11.6 Å². The SMILES string of the molecule is CN1OC2(N=C1N)c1cc(-c3cc(F)cc(Cl)c3)ccc1CC21CCc2ccccc2CC1.CN1OC2(N=C1N)c1cc(Br)ccc1CC21CCc2ccccc2CC1.OB(O)c1cc(F)cc(Cl)c1. The Balaban J connectivity index is 0.000000136. The van der Waals surface area contributed by atoms with Crippen LogP contribution in [0.4, 0.5) is 8.78 Å². The molecule has 2 unspecified atom stereocenters. The van der Waals surface area contributed by atoms with E-state index in [9.17, 15) is 8.78 Å².